The molecule has 1 aromatic heterocycles. The number of amides is 1. The molecule has 1 aromatic carbocycles. The van der Waals surface area contributed by atoms with Crippen molar-refractivity contribution in [2.24, 2.45) is 5.73 Å². The summed E-state index contributed by atoms with van der Waals surface area (Å²) < 4.78 is 28.0. The summed E-state index contributed by atoms with van der Waals surface area (Å²) in [5, 5.41) is 1.87. The van der Waals surface area contributed by atoms with Crippen molar-refractivity contribution >= 4 is 38.9 Å². The van der Waals surface area contributed by atoms with E-state index in [-0.39, 0.29) is 17.8 Å². The fourth-order valence-corrected chi connectivity index (χ4v) is 3.72. The summed E-state index contributed by atoms with van der Waals surface area (Å²) in [4.78, 5) is 14.4. The van der Waals surface area contributed by atoms with Crippen LogP contribution in [0.2, 0.25) is 0 Å². The van der Waals surface area contributed by atoms with Crippen LogP contribution in [0.1, 0.15) is 16.5 Å². The second kappa shape index (κ2) is 4.91. The zero-order valence-corrected chi connectivity index (χ0v) is 12.5. The molecule has 2 heterocycles. The third-order valence-corrected chi connectivity index (χ3v) is 5.11. The fourth-order valence-electron chi connectivity index (χ4n) is 2.26. The summed E-state index contributed by atoms with van der Waals surface area (Å²) in [7, 11) is 0. The van der Waals surface area contributed by atoms with Crippen LogP contribution in [-0.2, 0) is 11.3 Å². The summed E-state index contributed by atoms with van der Waals surface area (Å²) in [5.41, 5.74) is 6.00. The highest BCUT2D eigenvalue weighted by Crippen LogP contribution is 2.39. The first kappa shape index (κ1) is 13.7. The lowest BCUT2D eigenvalue weighted by atomic mass is 10.1. The monoisotopic (exact) mass is 358 g/mol. The van der Waals surface area contributed by atoms with Crippen LogP contribution in [0.25, 0.3) is 0 Å². The second-order valence-corrected chi connectivity index (χ2v) is 6.27. The molecule has 3 rings (SSSR count). The van der Waals surface area contributed by atoms with E-state index in [1.807, 2.05) is 11.4 Å². The van der Waals surface area contributed by atoms with Gasteiger partial charge in [-0.3, -0.25) is 4.79 Å². The maximum atomic E-state index is 13.8. The van der Waals surface area contributed by atoms with E-state index in [2.05, 4.69) is 15.9 Å². The Balaban J connectivity index is 2.06. The number of carbonyl (C=O) groups is 1. The zero-order chi connectivity index (χ0) is 14.4. The molecule has 1 atom stereocenters. The van der Waals surface area contributed by atoms with Crippen molar-refractivity contribution in [1.82, 2.24) is 0 Å². The Kier molecular flexibility index (Phi) is 3.35. The van der Waals surface area contributed by atoms with Gasteiger partial charge in [-0.15, -0.1) is 11.3 Å². The Morgan fingerprint density at radius 1 is 1.40 bits per heavy atom. The van der Waals surface area contributed by atoms with Crippen molar-refractivity contribution in [1.29, 1.82) is 0 Å². The van der Waals surface area contributed by atoms with Gasteiger partial charge in [0.2, 0.25) is 5.91 Å². The van der Waals surface area contributed by atoms with Gasteiger partial charge in [-0.05, 0) is 33.4 Å². The number of fused-ring (bicyclic) bond motifs is 1. The molecule has 0 radical (unpaired) electrons. The molecule has 2 aromatic rings. The Hall–Kier alpha value is -1.31. The molecule has 0 spiro atoms. The maximum absolute atomic E-state index is 13.8. The van der Waals surface area contributed by atoms with Gasteiger partial charge in [0.25, 0.3) is 0 Å². The van der Waals surface area contributed by atoms with Crippen LogP contribution >= 0.6 is 27.3 Å². The van der Waals surface area contributed by atoms with Gasteiger partial charge in [0.15, 0.2) is 0 Å². The Morgan fingerprint density at radius 3 is 2.80 bits per heavy atom. The summed E-state index contributed by atoms with van der Waals surface area (Å²) in [6, 6.07) is 2.67. The molecule has 1 aliphatic rings. The molecule has 0 fully saturated rings. The Morgan fingerprint density at radius 2 is 2.15 bits per heavy atom. The SMILES string of the molecule is NC1C(=O)N(Cc2sccc2Br)c2cc(F)cc(F)c21. The smallest absolute Gasteiger partial charge is 0.249 e. The van der Waals surface area contributed by atoms with Crippen LogP contribution in [0.4, 0.5) is 14.5 Å². The normalized spacial score (nSPS) is 17.7. The molecule has 1 aliphatic heterocycles. The lowest BCUT2D eigenvalue weighted by Gasteiger charge is -2.17. The van der Waals surface area contributed by atoms with Crippen LogP contribution in [-0.4, -0.2) is 5.91 Å². The first-order chi connectivity index (χ1) is 9.49. The highest BCUT2D eigenvalue weighted by Gasteiger charge is 2.38. The molecule has 7 heteroatoms. The number of anilines is 1. The van der Waals surface area contributed by atoms with Gasteiger partial charge >= 0.3 is 0 Å². The van der Waals surface area contributed by atoms with Gasteiger partial charge in [0, 0.05) is 21.0 Å². The lowest BCUT2D eigenvalue weighted by Crippen LogP contribution is -2.31. The molecular formula is C13H9BrF2N2OS. The predicted molar refractivity (Wildman–Crippen MR) is 76.5 cm³/mol. The van der Waals surface area contributed by atoms with Gasteiger partial charge in [0.1, 0.15) is 17.7 Å². The van der Waals surface area contributed by atoms with E-state index < -0.39 is 23.6 Å². The Bertz CT molecular complexity index is 704. The summed E-state index contributed by atoms with van der Waals surface area (Å²) in [6.45, 7) is 0.237. The number of nitrogens with zero attached hydrogens (tertiary/aromatic N) is 1. The number of hydrogen-bond acceptors (Lipinski definition) is 3. The molecule has 0 bridgehead atoms. The minimum Gasteiger partial charge on any atom is -0.316 e. The molecular weight excluding hydrogens is 350 g/mol. The maximum Gasteiger partial charge on any atom is 0.249 e. The minimum atomic E-state index is -1.08. The first-order valence-corrected chi connectivity index (χ1v) is 7.44. The Labute approximate surface area is 126 Å². The van der Waals surface area contributed by atoms with Crippen LogP contribution < -0.4 is 10.6 Å². The predicted octanol–water partition coefficient (Wildman–Crippen LogP) is 3.34. The van der Waals surface area contributed by atoms with E-state index in [0.29, 0.717) is 0 Å². The molecule has 3 nitrogen and oxygen atoms in total. The highest BCUT2D eigenvalue weighted by atomic mass is 79.9. The number of thiophene rings is 1. The molecule has 20 heavy (non-hydrogen) atoms. The van der Waals surface area contributed by atoms with E-state index >= 15 is 0 Å². The van der Waals surface area contributed by atoms with E-state index in [9.17, 15) is 13.6 Å². The van der Waals surface area contributed by atoms with E-state index in [0.717, 1.165) is 21.5 Å². The van der Waals surface area contributed by atoms with Crippen molar-refractivity contribution in [2.45, 2.75) is 12.6 Å². The van der Waals surface area contributed by atoms with Crippen LogP contribution in [0.3, 0.4) is 0 Å². The molecule has 0 saturated heterocycles. The second-order valence-electron chi connectivity index (χ2n) is 4.41. The van der Waals surface area contributed by atoms with Crippen molar-refractivity contribution in [2.75, 3.05) is 4.90 Å². The molecule has 1 unspecified atom stereocenters. The molecule has 104 valence electrons. The largest absolute Gasteiger partial charge is 0.316 e. The van der Waals surface area contributed by atoms with Crippen LogP contribution in [0.5, 0.6) is 0 Å². The average molecular weight is 359 g/mol. The van der Waals surface area contributed by atoms with E-state index in [4.69, 9.17) is 5.73 Å². The average Bonchev–Trinajstić information content (AvgIpc) is 2.87. The molecule has 1 amide bonds. The fraction of sp³-hybridized carbons (Fsp3) is 0.154. The third-order valence-electron chi connectivity index (χ3n) is 3.20. The zero-order valence-electron chi connectivity index (χ0n) is 10.1. The van der Waals surface area contributed by atoms with Crippen molar-refractivity contribution < 1.29 is 13.6 Å². The van der Waals surface area contributed by atoms with Gasteiger partial charge in [0.05, 0.1) is 12.2 Å². The van der Waals surface area contributed by atoms with Gasteiger partial charge in [-0.25, -0.2) is 8.78 Å². The van der Waals surface area contributed by atoms with Gasteiger partial charge in [-0.1, -0.05) is 0 Å². The number of benzene rings is 1. The van der Waals surface area contributed by atoms with Crippen LogP contribution in [0.15, 0.2) is 28.1 Å². The number of hydrogen-bond donors (Lipinski definition) is 1. The topological polar surface area (TPSA) is 46.3 Å². The number of carbonyl (C=O) groups excluding carboxylic acids is 1. The lowest BCUT2D eigenvalue weighted by molar-refractivity contribution is -0.119. The van der Waals surface area contributed by atoms with Crippen molar-refractivity contribution in [3.63, 3.8) is 0 Å². The summed E-state index contributed by atoms with van der Waals surface area (Å²) >= 11 is 4.82. The number of halogens is 3. The van der Waals surface area contributed by atoms with Crippen molar-refractivity contribution in [3.8, 4) is 0 Å². The quantitative estimate of drug-likeness (QED) is 0.894. The summed E-state index contributed by atoms with van der Waals surface area (Å²) in [6.07, 6.45) is 0. The van der Waals surface area contributed by atoms with Gasteiger partial charge in [-0.2, -0.15) is 0 Å². The molecule has 2 N–H and O–H groups in total. The van der Waals surface area contributed by atoms with E-state index in [1.54, 1.807) is 0 Å². The summed E-state index contributed by atoms with van der Waals surface area (Å²) in [5.74, 6) is -1.93. The highest BCUT2D eigenvalue weighted by molar-refractivity contribution is 9.10. The number of rotatable bonds is 2. The van der Waals surface area contributed by atoms with Crippen molar-refractivity contribution in [3.05, 3.63) is 50.1 Å². The number of nitrogens with two attached hydrogens (primary N) is 1. The molecule has 0 saturated carbocycles. The standard InChI is InChI=1S/C13H9BrF2N2OS/c14-7-1-2-20-10(7)5-18-9-4-6(15)3-8(16)11(9)12(17)13(18)19/h1-4,12H,5,17H2. The minimum absolute atomic E-state index is 0.0593. The van der Waals surface area contributed by atoms with Gasteiger partial charge < -0.3 is 10.6 Å². The molecule has 0 aliphatic carbocycles. The van der Waals surface area contributed by atoms with E-state index in [1.165, 1.54) is 16.2 Å². The third kappa shape index (κ3) is 2.06. The first-order valence-electron chi connectivity index (χ1n) is 5.77. The van der Waals surface area contributed by atoms with Crippen LogP contribution in [0, 0.1) is 11.6 Å².